The average Bonchev–Trinajstić information content (AvgIpc) is 2.87. The fourth-order valence-electron chi connectivity index (χ4n) is 3.32. The van der Waals surface area contributed by atoms with Gasteiger partial charge in [-0.15, -0.1) is 0 Å². The molecule has 0 aliphatic heterocycles. The molecule has 0 bridgehead atoms. The third-order valence-electron chi connectivity index (χ3n) is 5.36. The molecule has 7 nitrogen and oxygen atoms in total. The van der Waals surface area contributed by atoms with Crippen LogP contribution in [0, 0.1) is 12.8 Å². The van der Waals surface area contributed by atoms with Crippen molar-refractivity contribution in [3.8, 4) is 11.5 Å². The van der Waals surface area contributed by atoms with Crippen molar-refractivity contribution in [2.75, 3.05) is 7.11 Å². The smallest absolute Gasteiger partial charge is 0.262 e. The zero-order valence-corrected chi connectivity index (χ0v) is 20.4. The van der Waals surface area contributed by atoms with Crippen LogP contribution in [0.25, 0.3) is 0 Å². The number of rotatable bonds is 10. The van der Waals surface area contributed by atoms with Crippen LogP contribution in [0.1, 0.15) is 40.9 Å². The molecule has 1 atom stereocenters. The van der Waals surface area contributed by atoms with E-state index in [1.54, 1.807) is 31.4 Å². The van der Waals surface area contributed by atoms with E-state index in [1.165, 1.54) is 6.21 Å². The van der Waals surface area contributed by atoms with Crippen LogP contribution in [-0.4, -0.2) is 31.2 Å². The lowest BCUT2D eigenvalue weighted by Gasteiger charge is -2.20. The van der Waals surface area contributed by atoms with Gasteiger partial charge in [-0.25, -0.2) is 5.43 Å². The number of carbonyl (C=O) groups is 2. The van der Waals surface area contributed by atoms with Crippen molar-refractivity contribution < 1.29 is 19.1 Å². The molecule has 2 amide bonds. The number of hydrogen-bond acceptors (Lipinski definition) is 5. The van der Waals surface area contributed by atoms with E-state index in [1.807, 2.05) is 69.3 Å². The molecule has 0 aromatic heterocycles. The first-order valence-electron chi connectivity index (χ1n) is 11.4. The lowest BCUT2D eigenvalue weighted by atomic mass is 10.0. The largest absolute Gasteiger partial charge is 0.493 e. The predicted molar refractivity (Wildman–Crippen MR) is 137 cm³/mol. The summed E-state index contributed by atoms with van der Waals surface area (Å²) in [6.07, 6.45) is 1.51. The van der Waals surface area contributed by atoms with E-state index in [0.717, 1.165) is 16.7 Å². The zero-order chi connectivity index (χ0) is 25.2. The topological polar surface area (TPSA) is 89.0 Å². The summed E-state index contributed by atoms with van der Waals surface area (Å²) in [4.78, 5) is 25.3. The Kier molecular flexibility index (Phi) is 9.01. The third-order valence-corrected chi connectivity index (χ3v) is 5.36. The maximum Gasteiger partial charge on any atom is 0.262 e. The molecule has 7 heteroatoms. The molecule has 0 aliphatic carbocycles. The van der Waals surface area contributed by atoms with Gasteiger partial charge in [-0.2, -0.15) is 5.10 Å². The summed E-state index contributed by atoms with van der Waals surface area (Å²) in [6.45, 7) is 6.10. The molecular formula is C28H31N3O4. The summed E-state index contributed by atoms with van der Waals surface area (Å²) in [6, 6.07) is 21.7. The van der Waals surface area contributed by atoms with Crippen LogP contribution < -0.4 is 20.2 Å². The first-order valence-corrected chi connectivity index (χ1v) is 11.4. The first-order chi connectivity index (χ1) is 16.9. The standard InChI is InChI=1S/C28H31N3O4/c1-19(2)26(30-27(32)23-13-10-20(3)11-14-23)28(33)31-29-17-22-12-15-24(25(16-22)34-4)35-18-21-8-6-5-7-9-21/h5-17,19,26H,18H2,1-4H3,(H,30,32)(H,31,33)/b29-17-. The van der Waals surface area contributed by atoms with Crippen molar-refractivity contribution in [1.29, 1.82) is 0 Å². The van der Waals surface area contributed by atoms with Crippen molar-refractivity contribution in [2.45, 2.75) is 33.4 Å². The predicted octanol–water partition coefficient (Wildman–Crippen LogP) is 4.49. The van der Waals surface area contributed by atoms with E-state index < -0.39 is 11.9 Å². The number of methoxy groups -OCH3 is 1. The molecule has 0 saturated heterocycles. The molecule has 0 fully saturated rings. The van der Waals surface area contributed by atoms with E-state index in [-0.39, 0.29) is 11.8 Å². The Morgan fingerprint density at radius 3 is 2.34 bits per heavy atom. The van der Waals surface area contributed by atoms with Crippen molar-refractivity contribution in [3.63, 3.8) is 0 Å². The van der Waals surface area contributed by atoms with Gasteiger partial charge in [0.15, 0.2) is 11.5 Å². The van der Waals surface area contributed by atoms with Gasteiger partial charge >= 0.3 is 0 Å². The molecular weight excluding hydrogens is 442 g/mol. The van der Waals surface area contributed by atoms with Crippen molar-refractivity contribution in [3.05, 3.63) is 95.1 Å². The van der Waals surface area contributed by atoms with Crippen LogP contribution in [0.3, 0.4) is 0 Å². The summed E-state index contributed by atoms with van der Waals surface area (Å²) in [5.41, 5.74) is 5.85. The van der Waals surface area contributed by atoms with E-state index in [0.29, 0.717) is 23.7 Å². The summed E-state index contributed by atoms with van der Waals surface area (Å²) < 4.78 is 11.3. The number of amides is 2. The van der Waals surface area contributed by atoms with E-state index >= 15 is 0 Å². The van der Waals surface area contributed by atoms with Gasteiger partial charge in [0.1, 0.15) is 12.6 Å². The summed E-state index contributed by atoms with van der Waals surface area (Å²) in [5.74, 6) is 0.337. The van der Waals surface area contributed by atoms with Crippen LogP contribution in [-0.2, 0) is 11.4 Å². The van der Waals surface area contributed by atoms with E-state index in [2.05, 4.69) is 15.8 Å². The van der Waals surface area contributed by atoms with Crippen LogP contribution in [0.4, 0.5) is 0 Å². The Balaban J connectivity index is 1.60. The summed E-state index contributed by atoms with van der Waals surface area (Å²) in [7, 11) is 1.57. The van der Waals surface area contributed by atoms with Crippen molar-refractivity contribution in [1.82, 2.24) is 10.7 Å². The minimum Gasteiger partial charge on any atom is -0.493 e. The van der Waals surface area contributed by atoms with Gasteiger partial charge in [0.05, 0.1) is 13.3 Å². The SMILES string of the molecule is COc1cc(/C=N\NC(=O)C(NC(=O)c2ccc(C)cc2)C(C)C)ccc1OCc1ccccc1. The third kappa shape index (κ3) is 7.43. The van der Waals surface area contributed by atoms with Crippen LogP contribution in [0.5, 0.6) is 11.5 Å². The molecule has 182 valence electrons. The van der Waals surface area contributed by atoms with E-state index in [4.69, 9.17) is 9.47 Å². The Morgan fingerprint density at radius 1 is 0.971 bits per heavy atom. The number of nitrogens with one attached hydrogen (secondary N) is 2. The minimum atomic E-state index is -0.732. The highest BCUT2D eigenvalue weighted by molar-refractivity contribution is 5.97. The summed E-state index contributed by atoms with van der Waals surface area (Å²) >= 11 is 0. The molecule has 35 heavy (non-hydrogen) atoms. The normalized spacial score (nSPS) is 11.8. The second-order valence-electron chi connectivity index (χ2n) is 8.48. The van der Waals surface area contributed by atoms with Crippen LogP contribution >= 0.6 is 0 Å². The highest BCUT2D eigenvalue weighted by Gasteiger charge is 2.24. The molecule has 0 aliphatic rings. The maximum atomic E-state index is 12.7. The van der Waals surface area contributed by atoms with Gasteiger partial charge in [0, 0.05) is 5.56 Å². The number of benzene rings is 3. The van der Waals surface area contributed by atoms with E-state index in [9.17, 15) is 9.59 Å². The Hall–Kier alpha value is -4.13. The minimum absolute atomic E-state index is 0.124. The van der Waals surface area contributed by atoms with Crippen LogP contribution in [0.2, 0.25) is 0 Å². The van der Waals surface area contributed by atoms with Gasteiger partial charge in [-0.3, -0.25) is 9.59 Å². The fourth-order valence-corrected chi connectivity index (χ4v) is 3.32. The monoisotopic (exact) mass is 473 g/mol. The average molecular weight is 474 g/mol. The molecule has 0 heterocycles. The molecule has 0 saturated carbocycles. The van der Waals surface area contributed by atoms with Gasteiger partial charge in [-0.05, 0) is 54.3 Å². The molecule has 3 aromatic rings. The second-order valence-corrected chi connectivity index (χ2v) is 8.48. The first kappa shape index (κ1) is 25.5. The highest BCUT2D eigenvalue weighted by atomic mass is 16.5. The highest BCUT2D eigenvalue weighted by Crippen LogP contribution is 2.28. The molecule has 1 unspecified atom stereocenters. The van der Waals surface area contributed by atoms with Gasteiger partial charge in [0.2, 0.25) is 0 Å². The Labute approximate surface area is 206 Å². The number of nitrogens with zero attached hydrogens (tertiary/aromatic N) is 1. The van der Waals surface area contributed by atoms with Gasteiger partial charge in [-0.1, -0.05) is 61.9 Å². The fraction of sp³-hybridized carbons (Fsp3) is 0.250. The number of carbonyl (C=O) groups excluding carboxylic acids is 2. The zero-order valence-electron chi connectivity index (χ0n) is 20.4. The van der Waals surface area contributed by atoms with Crippen molar-refractivity contribution >= 4 is 18.0 Å². The number of aryl methyl sites for hydroxylation is 1. The number of ether oxygens (including phenoxy) is 2. The number of hydrogen-bond donors (Lipinski definition) is 2. The maximum absolute atomic E-state index is 12.7. The number of hydrazone groups is 1. The lowest BCUT2D eigenvalue weighted by Crippen LogP contribution is -2.48. The molecule has 0 spiro atoms. The summed E-state index contributed by atoms with van der Waals surface area (Å²) in [5, 5.41) is 6.86. The van der Waals surface area contributed by atoms with Crippen LogP contribution in [0.15, 0.2) is 77.9 Å². The molecule has 2 N–H and O–H groups in total. The lowest BCUT2D eigenvalue weighted by molar-refractivity contribution is -0.123. The Morgan fingerprint density at radius 2 is 1.69 bits per heavy atom. The molecule has 3 rings (SSSR count). The molecule has 3 aromatic carbocycles. The van der Waals surface area contributed by atoms with Gasteiger partial charge in [0.25, 0.3) is 11.8 Å². The molecule has 0 radical (unpaired) electrons. The quantitative estimate of drug-likeness (QED) is 0.335. The second kappa shape index (κ2) is 12.4. The Bertz CT molecular complexity index is 1160. The van der Waals surface area contributed by atoms with Crippen molar-refractivity contribution in [2.24, 2.45) is 11.0 Å². The van der Waals surface area contributed by atoms with Gasteiger partial charge < -0.3 is 14.8 Å².